The SMILES string of the molecule is CC1(C)CNC1C1CCN(C(=O)NC/C2=C/COCNc3ccccc32)CC1. The highest BCUT2D eigenvalue weighted by Gasteiger charge is 2.43. The quantitative estimate of drug-likeness (QED) is 0.750. The Kier molecular flexibility index (Phi) is 5.60. The van der Waals surface area contributed by atoms with Crippen molar-refractivity contribution >= 4 is 17.3 Å². The monoisotopic (exact) mass is 384 g/mol. The number of anilines is 1. The van der Waals surface area contributed by atoms with Crippen LogP contribution in [0.3, 0.4) is 0 Å². The van der Waals surface area contributed by atoms with Crippen molar-refractivity contribution in [1.82, 2.24) is 15.5 Å². The number of carbonyl (C=O) groups is 1. The van der Waals surface area contributed by atoms with Crippen molar-refractivity contribution in [2.24, 2.45) is 11.3 Å². The maximum absolute atomic E-state index is 12.7. The predicted molar refractivity (Wildman–Crippen MR) is 112 cm³/mol. The molecule has 1 unspecified atom stereocenters. The van der Waals surface area contributed by atoms with Crippen molar-refractivity contribution in [1.29, 1.82) is 0 Å². The molecule has 1 aromatic rings. The molecule has 3 N–H and O–H groups in total. The average molecular weight is 385 g/mol. The van der Waals surface area contributed by atoms with Crippen molar-refractivity contribution in [3.63, 3.8) is 0 Å². The normalized spacial score (nSPS) is 26.6. The third-order valence-corrected chi connectivity index (χ3v) is 6.43. The van der Waals surface area contributed by atoms with Crippen LogP contribution in [0.1, 0.15) is 32.3 Å². The zero-order chi connectivity index (χ0) is 19.6. The van der Waals surface area contributed by atoms with E-state index in [0.717, 1.165) is 49.3 Å². The summed E-state index contributed by atoms with van der Waals surface area (Å²) in [5, 5.41) is 10.0. The highest BCUT2D eigenvalue weighted by molar-refractivity contribution is 5.81. The fourth-order valence-electron chi connectivity index (χ4n) is 4.69. The second-order valence-electron chi connectivity index (χ2n) is 8.80. The van der Waals surface area contributed by atoms with Gasteiger partial charge in [0.25, 0.3) is 0 Å². The number of rotatable bonds is 3. The third-order valence-electron chi connectivity index (χ3n) is 6.43. The van der Waals surface area contributed by atoms with Crippen LogP contribution in [-0.2, 0) is 4.74 Å². The summed E-state index contributed by atoms with van der Waals surface area (Å²) in [6.07, 6.45) is 4.23. The molecule has 4 rings (SSSR count). The standard InChI is InChI=1S/C22H32N4O2/c1-22(2)14-24-20(22)16-7-10-26(11-8-16)21(27)23-13-17-9-12-28-15-25-19-6-4-3-5-18(17)19/h3-6,9,16,20,24-25H,7-8,10-15H2,1-2H3,(H,23,27)/b17-9-. The molecule has 0 aliphatic carbocycles. The highest BCUT2D eigenvalue weighted by atomic mass is 16.5. The summed E-state index contributed by atoms with van der Waals surface area (Å²) < 4.78 is 5.54. The van der Waals surface area contributed by atoms with Gasteiger partial charge in [-0.2, -0.15) is 0 Å². The minimum Gasteiger partial charge on any atom is -0.362 e. The van der Waals surface area contributed by atoms with Crippen molar-refractivity contribution in [2.45, 2.75) is 32.7 Å². The first-order valence-electron chi connectivity index (χ1n) is 10.4. The van der Waals surface area contributed by atoms with E-state index in [4.69, 9.17) is 4.74 Å². The minimum atomic E-state index is 0.0357. The summed E-state index contributed by atoms with van der Waals surface area (Å²) >= 11 is 0. The van der Waals surface area contributed by atoms with Gasteiger partial charge in [-0.3, -0.25) is 0 Å². The van der Waals surface area contributed by atoms with E-state index in [-0.39, 0.29) is 6.03 Å². The van der Waals surface area contributed by atoms with Crippen LogP contribution in [0.4, 0.5) is 10.5 Å². The average Bonchev–Trinajstić information content (AvgIpc) is 2.68. The maximum Gasteiger partial charge on any atom is 0.317 e. The minimum absolute atomic E-state index is 0.0357. The Morgan fingerprint density at radius 2 is 2.07 bits per heavy atom. The van der Waals surface area contributed by atoms with Crippen LogP contribution in [0.25, 0.3) is 5.57 Å². The lowest BCUT2D eigenvalue weighted by atomic mass is 9.68. The lowest BCUT2D eigenvalue weighted by Gasteiger charge is -2.51. The van der Waals surface area contributed by atoms with Crippen LogP contribution < -0.4 is 16.0 Å². The number of likely N-dealkylation sites (tertiary alicyclic amines) is 1. The number of nitrogens with one attached hydrogen (secondary N) is 3. The van der Waals surface area contributed by atoms with Gasteiger partial charge in [0.1, 0.15) is 6.73 Å². The van der Waals surface area contributed by atoms with Gasteiger partial charge in [0, 0.05) is 43.5 Å². The first-order valence-corrected chi connectivity index (χ1v) is 10.4. The Bertz CT molecular complexity index is 738. The van der Waals surface area contributed by atoms with Crippen LogP contribution in [-0.4, -0.2) is 56.5 Å². The predicted octanol–water partition coefficient (Wildman–Crippen LogP) is 2.89. The van der Waals surface area contributed by atoms with E-state index >= 15 is 0 Å². The Morgan fingerprint density at radius 3 is 2.79 bits per heavy atom. The molecule has 0 aromatic heterocycles. The highest BCUT2D eigenvalue weighted by Crippen LogP contribution is 2.37. The summed E-state index contributed by atoms with van der Waals surface area (Å²) in [5.41, 5.74) is 3.65. The number of para-hydroxylation sites is 1. The number of ether oxygens (including phenoxy) is 1. The molecule has 1 aromatic carbocycles. The summed E-state index contributed by atoms with van der Waals surface area (Å²) in [5.74, 6) is 0.677. The number of amides is 2. The van der Waals surface area contributed by atoms with E-state index in [1.807, 2.05) is 23.1 Å². The number of fused-ring (bicyclic) bond motifs is 1. The molecule has 2 amide bonds. The molecule has 6 heteroatoms. The van der Waals surface area contributed by atoms with Gasteiger partial charge < -0.3 is 25.6 Å². The zero-order valence-corrected chi connectivity index (χ0v) is 17.0. The molecule has 28 heavy (non-hydrogen) atoms. The first-order chi connectivity index (χ1) is 13.5. The Morgan fingerprint density at radius 1 is 1.29 bits per heavy atom. The molecule has 3 heterocycles. The molecule has 2 fully saturated rings. The molecule has 1 atom stereocenters. The van der Waals surface area contributed by atoms with E-state index in [0.29, 0.717) is 37.3 Å². The summed E-state index contributed by atoms with van der Waals surface area (Å²) in [6, 6.07) is 8.80. The molecule has 0 bridgehead atoms. The van der Waals surface area contributed by atoms with Gasteiger partial charge in [-0.1, -0.05) is 38.1 Å². The van der Waals surface area contributed by atoms with Gasteiger partial charge in [0.2, 0.25) is 0 Å². The van der Waals surface area contributed by atoms with Gasteiger partial charge in [-0.05, 0) is 35.8 Å². The number of piperidine rings is 1. The molecule has 0 saturated carbocycles. The Labute approximate surface area is 167 Å². The molecule has 3 aliphatic rings. The summed E-state index contributed by atoms with van der Waals surface area (Å²) in [6.45, 7) is 9.01. The van der Waals surface area contributed by atoms with E-state index < -0.39 is 0 Å². The van der Waals surface area contributed by atoms with Crippen LogP contribution in [0, 0.1) is 11.3 Å². The summed E-state index contributed by atoms with van der Waals surface area (Å²) in [4.78, 5) is 14.7. The Balaban J connectivity index is 1.31. The molecule has 3 aliphatic heterocycles. The molecule has 0 radical (unpaired) electrons. The van der Waals surface area contributed by atoms with Crippen molar-refractivity contribution in [2.75, 3.05) is 44.8 Å². The summed E-state index contributed by atoms with van der Waals surface area (Å²) in [7, 11) is 0. The van der Waals surface area contributed by atoms with Gasteiger partial charge in [0.15, 0.2) is 0 Å². The van der Waals surface area contributed by atoms with E-state index in [1.54, 1.807) is 0 Å². The topological polar surface area (TPSA) is 65.6 Å². The zero-order valence-electron chi connectivity index (χ0n) is 17.0. The smallest absolute Gasteiger partial charge is 0.317 e. The van der Waals surface area contributed by atoms with Crippen molar-refractivity contribution < 1.29 is 9.53 Å². The van der Waals surface area contributed by atoms with Gasteiger partial charge in [0.05, 0.1) is 6.61 Å². The molecule has 2 saturated heterocycles. The first kappa shape index (κ1) is 19.3. The number of benzene rings is 1. The third kappa shape index (κ3) is 4.03. The van der Waals surface area contributed by atoms with Crippen LogP contribution in [0.15, 0.2) is 30.3 Å². The second kappa shape index (κ2) is 8.13. The maximum atomic E-state index is 12.7. The lowest BCUT2D eigenvalue weighted by molar-refractivity contribution is 0.0459. The van der Waals surface area contributed by atoms with Crippen molar-refractivity contribution in [3.8, 4) is 0 Å². The van der Waals surface area contributed by atoms with Crippen LogP contribution >= 0.6 is 0 Å². The molecule has 152 valence electrons. The van der Waals surface area contributed by atoms with Gasteiger partial charge >= 0.3 is 6.03 Å². The second-order valence-corrected chi connectivity index (χ2v) is 8.80. The number of urea groups is 1. The van der Waals surface area contributed by atoms with E-state index in [2.05, 4.69) is 41.9 Å². The fourth-order valence-corrected chi connectivity index (χ4v) is 4.69. The number of nitrogens with zero attached hydrogens (tertiary/aromatic N) is 1. The fraction of sp³-hybridized carbons (Fsp3) is 0.591. The van der Waals surface area contributed by atoms with E-state index in [1.165, 1.54) is 0 Å². The van der Waals surface area contributed by atoms with E-state index in [9.17, 15) is 4.79 Å². The molecule has 6 nitrogen and oxygen atoms in total. The van der Waals surface area contributed by atoms with Gasteiger partial charge in [-0.15, -0.1) is 0 Å². The van der Waals surface area contributed by atoms with Crippen molar-refractivity contribution in [3.05, 3.63) is 35.9 Å². The number of carbonyl (C=O) groups excluding carboxylic acids is 1. The Hall–Kier alpha value is -2.05. The molecular weight excluding hydrogens is 352 g/mol. The molecule has 0 spiro atoms. The lowest BCUT2D eigenvalue weighted by Crippen LogP contribution is -2.64. The van der Waals surface area contributed by atoms with Gasteiger partial charge in [-0.25, -0.2) is 4.79 Å². The molecular formula is C22H32N4O2. The largest absolute Gasteiger partial charge is 0.362 e. The number of hydrogen-bond donors (Lipinski definition) is 3. The number of hydrogen-bond acceptors (Lipinski definition) is 4. The van der Waals surface area contributed by atoms with Crippen LogP contribution in [0.5, 0.6) is 0 Å². The van der Waals surface area contributed by atoms with Crippen LogP contribution in [0.2, 0.25) is 0 Å².